The van der Waals surface area contributed by atoms with Gasteiger partial charge in [0.05, 0.1) is 17.1 Å². The predicted molar refractivity (Wildman–Crippen MR) is 107 cm³/mol. The van der Waals surface area contributed by atoms with Gasteiger partial charge in [-0.3, -0.25) is 4.79 Å². The molecule has 0 saturated carbocycles. The van der Waals surface area contributed by atoms with Gasteiger partial charge in [-0.1, -0.05) is 11.2 Å². The number of halogens is 1. The quantitative estimate of drug-likeness (QED) is 0.375. The Morgan fingerprint density at radius 3 is 2.93 bits per heavy atom. The van der Waals surface area contributed by atoms with Crippen molar-refractivity contribution in [2.45, 2.75) is 26.2 Å². The first-order valence-corrected chi connectivity index (χ1v) is 9.12. The fourth-order valence-electron chi connectivity index (χ4n) is 3.02. The number of anilines is 1. The second kappa shape index (κ2) is 7.87. The SMILES string of the molecule is C[C@@H](NC(=O)c1ncnc(N)c1CN)c1cc(-c2nc3ccc(CF)cc3[nH]2)on1. The third-order valence-electron chi connectivity index (χ3n) is 4.65. The highest BCUT2D eigenvalue weighted by Gasteiger charge is 2.21. The van der Waals surface area contributed by atoms with E-state index in [2.05, 4.69) is 30.4 Å². The summed E-state index contributed by atoms with van der Waals surface area (Å²) in [6.07, 6.45) is 1.21. The van der Waals surface area contributed by atoms with Gasteiger partial charge in [-0.2, -0.15) is 0 Å². The number of fused-ring (bicyclic) bond motifs is 1. The van der Waals surface area contributed by atoms with Crippen molar-refractivity contribution in [2.75, 3.05) is 5.73 Å². The summed E-state index contributed by atoms with van der Waals surface area (Å²) >= 11 is 0. The van der Waals surface area contributed by atoms with E-state index in [9.17, 15) is 9.18 Å². The Kier molecular flexibility index (Phi) is 5.11. The van der Waals surface area contributed by atoms with Crippen LogP contribution >= 0.6 is 0 Å². The number of amides is 1. The molecule has 30 heavy (non-hydrogen) atoms. The van der Waals surface area contributed by atoms with Crippen molar-refractivity contribution >= 4 is 22.8 Å². The molecule has 1 aromatic carbocycles. The summed E-state index contributed by atoms with van der Waals surface area (Å²) in [7, 11) is 0. The molecular formula is C19H19FN8O2. The molecule has 3 heterocycles. The lowest BCUT2D eigenvalue weighted by molar-refractivity contribution is 0.0932. The maximum absolute atomic E-state index is 12.9. The van der Waals surface area contributed by atoms with Gasteiger partial charge in [0, 0.05) is 18.2 Å². The van der Waals surface area contributed by atoms with Crippen LogP contribution in [0.15, 0.2) is 35.1 Å². The number of nitrogens with zero attached hydrogens (tertiary/aromatic N) is 4. The maximum Gasteiger partial charge on any atom is 0.270 e. The maximum atomic E-state index is 12.9. The number of benzene rings is 1. The van der Waals surface area contributed by atoms with E-state index in [1.54, 1.807) is 31.2 Å². The molecule has 4 aromatic rings. The minimum absolute atomic E-state index is 0.0358. The highest BCUT2D eigenvalue weighted by molar-refractivity contribution is 5.94. The molecule has 3 aromatic heterocycles. The van der Waals surface area contributed by atoms with Crippen LogP contribution < -0.4 is 16.8 Å². The average Bonchev–Trinajstić information content (AvgIpc) is 3.39. The first-order valence-electron chi connectivity index (χ1n) is 9.12. The Morgan fingerprint density at radius 2 is 2.17 bits per heavy atom. The predicted octanol–water partition coefficient (Wildman–Crippen LogP) is 2.01. The molecule has 154 valence electrons. The molecule has 0 fully saturated rings. The second-order valence-corrected chi connectivity index (χ2v) is 6.67. The monoisotopic (exact) mass is 410 g/mol. The number of rotatable bonds is 6. The van der Waals surface area contributed by atoms with Gasteiger partial charge in [-0.25, -0.2) is 19.3 Å². The van der Waals surface area contributed by atoms with Crippen LogP contribution in [-0.4, -0.2) is 31.0 Å². The van der Waals surface area contributed by atoms with E-state index in [1.165, 1.54) is 6.33 Å². The minimum Gasteiger partial charge on any atom is -0.383 e. The Bertz CT molecular complexity index is 1220. The molecule has 0 aliphatic heterocycles. The number of carbonyl (C=O) groups is 1. The van der Waals surface area contributed by atoms with Gasteiger partial charge in [0.15, 0.2) is 5.82 Å². The van der Waals surface area contributed by atoms with Gasteiger partial charge >= 0.3 is 0 Å². The Labute approximate surface area is 169 Å². The molecule has 6 N–H and O–H groups in total. The van der Waals surface area contributed by atoms with Crippen molar-refractivity contribution in [1.82, 2.24) is 30.4 Å². The molecule has 10 nitrogen and oxygen atoms in total. The number of nitrogen functional groups attached to an aromatic ring is 1. The zero-order valence-corrected chi connectivity index (χ0v) is 16.0. The Hall–Kier alpha value is -3.86. The van der Waals surface area contributed by atoms with Crippen molar-refractivity contribution in [3.05, 3.63) is 53.1 Å². The highest BCUT2D eigenvalue weighted by atomic mass is 19.1. The van der Waals surface area contributed by atoms with E-state index in [0.717, 1.165) is 0 Å². The standard InChI is InChI=1S/C19H19FN8O2/c1-9(25-19(29)16-11(7-21)17(22)24-8-23-16)13-5-15(30-28-13)18-26-12-3-2-10(6-20)4-14(12)27-18/h2-5,8-9H,6-7,21H2,1H3,(H,25,29)(H,26,27)(H2,22,23,24)/t9-/m1/s1. The van der Waals surface area contributed by atoms with Gasteiger partial charge in [-0.15, -0.1) is 0 Å². The number of nitrogens with one attached hydrogen (secondary N) is 2. The summed E-state index contributed by atoms with van der Waals surface area (Å²) in [5, 5.41) is 6.80. The van der Waals surface area contributed by atoms with Crippen LogP contribution in [0.2, 0.25) is 0 Å². The third kappa shape index (κ3) is 3.57. The zero-order chi connectivity index (χ0) is 21.3. The number of carbonyl (C=O) groups excluding carboxylic acids is 1. The van der Waals surface area contributed by atoms with Gasteiger partial charge in [-0.05, 0) is 24.6 Å². The van der Waals surface area contributed by atoms with Crippen LogP contribution in [0.1, 0.15) is 40.3 Å². The molecule has 0 radical (unpaired) electrons. The van der Waals surface area contributed by atoms with E-state index in [0.29, 0.717) is 39.4 Å². The van der Waals surface area contributed by atoms with Crippen LogP contribution in [0.3, 0.4) is 0 Å². The van der Waals surface area contributed by atoms with Crippen molar-refractivity contribution in [3.8, 4) is 11.6 Å². The average molecular weight is 410 g/mol. The number of hydrogen-bond donors (Lipinski definition) is 4. The summed E-state index contributed by atoms with van der Waals surface area (Å²) < 4.78 is 18.2. The zero-order valence-electron chi connectivity index (χ0n) is 16.0. The Morgan fingerprint density at radius 1 is 1.33 bits per heavy atom. The van der Waals surface area contributed by atoms with E-state index >= 15 is 0 Å². The normalized spacial score (nSPS) is 12.2. The molecule has 1 atom stereocenters. The summed E-state index contributed by atoms with van der Waals surface area (Å²) in [5.41, 5.74) is 14.3. The van der Waals surface area contributed by atoms with Crippen LogP contribution in [0, 0.1) is 0 Å². The largest absolute Gasteiger partial charge is 0.383 e. The van der Waals surface area contributed by atoms with Crippen molar-refractivity contribution in [2.24, 2.45) is 5.73 Å². The smallest absolute Gasteiger partial charge is 0.270 e. The number of nitrogens with two attached hydrogens (primary N) is 2. The number of alkyl halides is 1. The number of aromatic amines is 1. The summed E-state index contributed by atoms with van der Waals surface area (Å²) in [4.78, 5) is 27.9. The topological polar surface area (TPSA) is 162 Å². The van der Waals surface area contributed by atoms with Gasteiger partial charge in [0.2, 0.25) is 5.76 Å². The number of aromatic nitrogens is 5. The molecule has 0 bridgehead atoms. The fraction of sp³-hybridized carbons (Fsp3) is 0.211. The lowest BCUT2D eigenvalue weighted by Crippen LogP contribution is -2.29. The van der Waals surface area contributed by atoms with Gasteiger partial charge < -0.3 is 26.3 Å². The molecule has 0 aliphatic rings. The third-order valence-corrected chi connectivity index (χ3v) is 4.65. The number of imidazole rings is 1. The summed E-state index contributed by atoms with van der Waals surface area (Å²) in [6.45, 7) is 1.23. The minimum atomic E-state index is -0.558. The number of H-pyrrole nitrogens is 1. The van der Waals surface area contributed by atoms with E-state index in [-0.39, 0.29) is 18.1 Å². The summed E-state index contributed by atoms with van der Waals surface area (Å²) in [5.74, 6) is 0.546. The first-order chi connectivity index (χ1) is 14.5. The van der Waals surface area contributed by atoms with E-state index < -0.39 is 18.6 Å². The van der Waals surface area contributed by atoms with Crippen LogP contribution in [-0.2, 0) is 13.2 Å². The lowest BCUT2D eigenvalue weighted by atomic mass is 10.1. The number of hydrogen-bond acceptors (Lipinski definition) is 8. The molecule has 0 spiro atoms. The molecule has 11 heteroatoms. The molecule has 0 unspecified atom stereocenters. The molecule has 0 aliphatic carbocycles. The van der Waals surface area contributed by atoms with Crippen LogP contribution in [0.4, 0.5) is 10.2 Å². The molecule has 0 saturated heterocycles. The fourth-order valence-corrected chi connectivity index (χ4v) is 3.02. The summed E-state index contributed by atoms with van der Waals surface area (Å²) in [6, 6.07) is 6.27. The van der Waals surface area contributed by atoms with E-state index in [1.807, 2.05) is 0 Å². The first kappa shape index (κ1) is 19.5. The van der Waals surface area contributed by atoms with Crippen molar-refractivity contribution in [1.29, 1.82) is 0 Å². The lowest BCUT2D eigenvalue weighted by Gasteiger charge is -2.12. The van der Waals surface area contributed by atoms with Gasteiger partial charge in [0.25, 0.3) is 5.91 Å². The molecule has 4 rings (SSSR count). The van der Waals surface area contributed by atoms with Crippen LogP contribution in [0.5, 0.6) is 0 Å². The molecular weight excluding hydrogens is 391 g/mol. The Balaban J connectivity index is 1.54. The van der Waals surface area contributed by atoms with Gasteiger partial charge in [0.1, 0.15) is 30.2 Å². The van der Waals surface area contributed by atoms with Crippen molar-refractivity contribution < 1.29 is 13.7 Å². The highest BCUT2D eigenvalue weighted by Crippen LogP contribution is 2.24. The van der Waals surface area contributed by atoms with E-state index in [4.69, 9.17) is 16.0 Å². The second-order valence-electron chi connectivity index (χ2n) is 6.67. The van der Waals surface area contributed by atoms with Crippen LogP contribution in [0.25, 0.3) is 22.6 Å². The van der Waals surface area contributed by atoms with Crippen molar-refractivity contribution in [3.63, 3.8) is 0 Å². The molecule has 1 amide bonds.